The SMILES string of the molecule is COC(=O)CCCCN1C(=O)[C@](O)([C@H](C)/C=C/CC(=O)N(CCO)Cc2ccccc2)c2cc(-n3[nH]c4ccccc4c3=O)ccc21. The van der Waals surface area contributed by atoms with E-state index in [0.29, 0.717) is 47.2 Å². The molecule has 0 aliphatic carbocycles. The molecule has 2 atom stereocenters. The molecule has 4 aromatic rings. The number of carbonyl (C=O) groups excluding carboxylic acids is 3. The maximum Gasteiger partial charge on any atom is 0.305 e. The van der Waals surface area contributed by atoms with Crippen molar-refractivity contribution >= 4 is 34.4 Å². The van der Waals surface area contributed by atoms with Gasteiger partial charge in [0.05, 0.1) is 36.0 Å². The molecule has 3 aromatic carbocycles. The predicted molar refractivity (Wildman–Crippen MR) is 178 cm³/mol. The van der Waals surface area contributed by atoms with Crippen LogP contribution in [0.25, 0.3) is 16.6 Å². The molecule has 0 saturated heterocycles. The first-order valence-electron chi connectivity index (χ1n) is 15.7. The lowest BCUT2D eigenvalue weighted by Gasteiger charge is -2.28. The molecule has 2 heterocycles. The Morgan fingerprint density at radius 2 is 1.79 bits per heavy atom. The fourth-order valence-electron chi connectivity index (χ4n) is 6.04. The van der Waals surface area contributed by atoms with Crippen LogP contribution in [0.5, 0.6) is 0 Å². The molecule has 11 nitrogen and oxygen atoms in total. The molecule has 11 heteroatoms. The number of hydrogen-bond acceptors (Lipinski definition) is 7. The van der Waals surface area contributed by atoms with Crippen molar-refractivity contribution < 1.29 is 29.3 Å². The average molecular weight is 641 g/mol. The van der Waals surface area contributed by atoms with E-state index in [1.807, 2.05) is 36.4 Å². The van der Waals surface area contributed by atoms with Gasteiger partial charge in [0.1, 0.15) is 0 Å². The van der Waals surface area contributed by atoms with Crippen LogP contribution in [-0.2, 0) is 31.3 Å². The Kier molecular flexibility index (Phi) is 10.4. The van der Waals surface area contributed by atoms with Crippen LogP contribution < -0.4 is 10.5 Å². The smallest absolute Gasteiger partial charge is 0.305 e. The number of ether oxygens (including phenoxy) is 1. The van der Waals surface area contributed by atoms with E-state index in [0.717, 1.165) is 5.56 Å². The summed E-state index contributed by atoms with van der Waals surface area (Å²) in [4.78, 5) is 55.1. The third kappa shape index (κ3) is 6.91. The van der Waals surface area contributed by atoms with Gasteiger partial charge in [-0.05, 0) is 48.7 Å². The topological polar surface area (TPSA) is 145 Å². The highest BCUT2D eigenvalue weighted by molar-refractivity contribution is 6.07. The summed E-state index contributed by atoms with van der Waals surface area (Å²) < 4.78 is 6.11. The lowest BCUT2D eigenvalue weighted by atomic mass is 9.82. The number of aromatic amines is 1. The molecule has 1 aliphatic rings. The van der Waals surface area contributed by atoms with Crippen LogP contribution in [0.4, 0.5) is 5.69 Å². The first kappa shape index (κ1) is 33.4. The molecule has 2 amide bonds. The number of unbranched alkanes of at least 4 members (excludes halogenated alkanes) is 1. The van der Waals surface area contributed by atoms with Crippen molar-refractivity contribution in [1.29, 1.82) is 0 Å². The second-order valence-electron chi connectivity index (χ2n) is 11.7. The third-order valence-corrected chi connectivity index (χ3v) is 8.66. The molecule has 3 N–H and O–H groups in total. The predicted octanol–water partition coefficient (Wildman–Crippen LogP) is 3.80. The molecule has 5 rings (SSSR count). The van der Waals surface area contributed by atoms with Crippen LogP contribution in [0.1, 0.15) is 43.7 Å². The van der Waals surface area contributed by atoms with Gasteiger partial charge in [-0.2, -0.15) is 0 Å². The second kappa shape index (κ2) is 14.6. The van der Waals surface area contributed by atoms with Crippen LogP contribution >= 0.6 is 0 Å². The Bertz CT molecular complexity index is 1830. The molecular formula is C36H40N4O7. The molecule has 0 spiro atoms. The van der Waals surface area contributed by atoms with Crippen molar-refractivity contribution in [1.82, 2.24) is 14.7 Å². The van der Waals surface area contributed by atoms with Crippen LogP contribution in [0.2, 0.25) is 0 Å². The zero-order chi connectivity index (χ0) is 33.6. The van der Waals surface area contributed by atoms with Crippen molar-refractivity contribution in [3.05, 3.63) is 106 Å². The maximum absolute atomic E-state index is 14.0. The molecular weight excluding hydrogens is 600 g/mol. The van der Waals surface area contributed by atoms with Gasteiger partial charge in [0.2, 0.25) is 5.91 Å². The standard InChI is InChI=1S/C36H40N4O7/c1-25(11-10-16-32(42)38(21-22-41)24-26-12-4-3-5-13-26)36(46)29-23-27(40-34(44)28-14-6-7-15-30(28)37-40)18-19-31(29)39(35(36)45)20-9-8-17-33(43)47-2/h3-7,10-15,18-19,23,25,37,41,46H,8-9,16-17,20-22,24H2,1-2H3/b11-10+/t25-,36+/m1/s1. The van der Waals surface area contributed by atoms with Crippen LogP contribution in [-0.4, -0.2) is 69.5 Å². The van der Waals surface area contributed by atoms with Crippen molar-refractivity contribution in [2.45, 2.75) is 44.8 Å². The first-order chi connectivity index (χ1) is 22.7. The van der Waals surface area contributed by atoms with Crippen LogP contribution in [0.3, 0.4) is 0 Å². The lowest BCUT2D eigenvalue weighted by Crippen LogP contribution is -2.44. The van der Waals surface area contributed by atoms with Gasteiger partial charge in [0.25, 0.3) is 11.5 Å². The van der Waals surface area contributed by atoms with Crippen LogP contribution in [0.15, 0.2) is 89.7 Å². The van der Waals surface area contributed by atoms with Gasteiger partial charge < -0.3 is 24.7 Å². The highest BCUT2D eigenvalue weighted by Crippen LogP contribution is 2.46. The number of fused-ring (bicyclic) bond motifs is 2. The third-order valence-electron chi connectivity index (χ3n) is 8.66. The van der Waals surface area contributed by atoms with Crippen molar-refractivity contribution in [3.63, 3.8) is 0 Å². The zero-order valence-corrected chi connectivity index (χ0v) is 26.6. The highest BCUT2D eigenvalue weighted by atomic mass is 16.5. The summed E-state index contributed by atoms with van der Waals surface area (Å²) in [5.74, 6) is -1.82. The molecule has 1 aromatic heterocycles. The normalized spacial score (nSPS) is 16.5. The molecule has 0 saturated carbocycles. The number of methoxy groups -OCH3 is 1. The van der Waals surface area contributed by atoms with Gasteiger partial charge >= 0.3 is 5.97 Å². The van der Waals surface area contributed by atoms with Gasteiger partial charge in [-0.1, -0.05) is 61.5 Å². The van der Waals surface area contributed by atoms with Gasteiger partial charge in [0, 0.05) is 44.0 Å². The van der Waals surface area contributed by atoms with E-state index in [-0.39, 0.29) is 50.0 Å². The number of amides is 2. The van der Waals surface area contributed by atoms with Gasteiger partial charge in [-0.25, -0.2) is 4.68 Å². The molecule has 0 radical (unpaired) electrons. The largest absolute Gasteiger partial charge is 0.469 e. The van der Waals surface area contributed by atoms with E-state index >= 15 is 0 Å². The van der Waals surface area contributed by atoms with Gasteiger partial charge in [-0.3, -0.25) is 24.3 Å². The highest BCUT2D eigenvalue weighted by Gasteiger charge is 2.52. The van der Waals surface area contributed by atoms with Crippen molar-refractivity contribution in [3.8, 4) is 5.69 Å². The number of hydrogen-bond donors (Lipinski definition) is 3. The van der Waals surface area contributed by atoms with Gasteiger partial charge in [-0.15, -0.1) is 0 Å². The fraction of sp³-hybridized carbons (Fsp3) is 0.333. The first-order valence-corrected chi connectivity index (χ1v) is 15.7. The zero-order valence-electron chi connectivity index (χ0n) is 26.6. The molecule has 0 fully saturated rings. The Hall–Kier alpha value is -5.00. The Balaban J connectivity index is 1.42. The van der Waals surface area contributed by atoms with E-state index in [1.54, 1.807) is 60.4 Å². The minimum atomic E-state index is -1.99. The second-order valence-corrected chi connectivity index (χ2v) is 11.7. The number of nitrogens with zero attached hydrogens (tertiary/aromatic N) is 3. The van der Waals surface area contributed by atoms with E-state index < -0.39 is 17.4 Å². The number of carbonyl (C=O) groups is 3. The minimum Gasteiger partial charge on any atom is -0.469 e. The lowest BCUT2D eigenvalue weighted by molar-refractivity contribution is -0.140. The number of aliphatic hydroxyl groups excluding tert-OH is 1. The number of anilines is 1. The summed E-state index contributed by atoms with van der Waals surface area (Å²) in [5.41, 5.74) is 0.645. The number of aromatic nitrogens is 2. The fourth-order valence-corrected chi connectivity index (χ4v) is 6.04. The summed E-state index contributed by atoms with van der Waals surface area (Å²) >= 11 is 0. The molecule has 1 aliphatic heterocycles. The Morgan fingerprint density at radius 1 is 1.04 bits per heavy atom. The number of benzene rings is 3. The number of esters is 1. The summed E-state index contributed by atoms with van der Waals surface area (Å²) in [5, 5.41) is 25.4. The number of nitrogens with one attached hydrogen (secondary N) is 1. The summed E-state index contributed by atoms with van der Waals surface area (Å²) in [6.07, 6.45) is 4.51. The molecule has 246 valence electrons. The van der Waals surface area contributed by atoms with Crippen LogP contribution in [0, 0.1) is 5.92 Å². The number of rotatable bonds is 14. The summed E-state index contributed by atoms with van der Waals surface area (Å²) in [6.45, 7) is 2.32. The quantitative estimate of drug-likeness (QED) is 0.108. The average Bonchev–Trinajstić information content (AvgIpc) is 3.53. The summed E-state index contributed by atoms with van der Waals surface area (Å²) in [6, 6.07) is 21.7. The molecule has 0 unspecified atom stereocenters. The van der Waals surface area contributed by atoms with Crippen molar-refractivity contribution in [2.75, 3.05) is 31.7 Å². The monoisotopic (exact) mass is 640 g/mol. The van der Waals surface area contributed by atoms with Crippen molar-refractivity contribution in [2.24, 2.45) is 5.92 Å². The van der Waals surface area contributed by atoms with E-state index in [1.165, 1.54) is 16.7 Å². The summed E-state index contributed by atoms with van der Waals surface area (Å²) in [7, 11) is 1.33. The number of aliphatic hydroxyl groups is 2. The maximum atomic E-state index is 14.0. The molecule has 47 heavy (non-hydrogen) atoms. The van der Waals surface area contributed by atoms with E-state index in [2.05, 4.69) is 5.10 Å². The molecule has 0 bridgehead atoms. The Labute approximate surface area is 272 Å². The van der Waals surface area contributed by atoms with E-state index in [9.17, 15) is 29.4 Å². The van der Waals surface area contributed by atoms with E-state index in [4.69, 9.17) is 4.74 Å². The number of H-pyrrole nitrogens is 1. The minimum absolute atomic E-state index is 0.00996. The van der Waals surface area contributed by atoms with Gasteiger partial charge in [0.15, 0.2) is 5.60 Å². The Morgan fingerprint density at radius 3 is 2.51 bits per heavy atom. The number of para-hydroxylation sites is 1.